The zero-order chi connectivity index (χ0) is 19.2. The van der Waals surface area contributed by atoms with Gasteiger partial charge in [0, 0.05) is 24.6 Å². The molecule has 1 unspecified atom stereocenters. The second kappa shape index (κ2) is 8.26. The van der Waals surface area contributed by atoms with Crippen molar-refractivity contribution in [2.45, 2.75) is 25.4 Å². The summed E-state index contributed by atoms with van der Waals surface area (Å²) in [5.74, 6) is -0.697. The second-order valence-electron chi connectivity index (χ2n) is 6.05. The van der Waals surface area contributed by atoms with Crippen LogP contribution >= 0.6 is 0 Å². The van der Waals surface area contributed by atoms with Gasteiger partial charge in [0.2, 0.25) is 5.91 Å². The van der Waals surface area contributed by atoms with E-state index >= 15 is 0 Å². The van der Waals surface area contributed by atoms with Crippen molar-refractivity contribution in [3.8, 4) is 11.3 Å². The molecule has 9 heteroatoms. The molecule has 0 spiro atoms. The van der Waals surface area contributed by atoms with E-state index in [1.54, 1.807) is 6.07 Å². The van der Waals surface area contributed by atoms with E-state index in [0.29, 0.717) is 5.69 Å². The van der Waals surface area contributed by atoms with E-state index in [2.05, 4.69) is 21.0 Å². The fourth-order valence-corrected chi connectivity index (χ4v) is 2.70. The molecule has 0 radical (unpaired) electrons. The molecule has 27 heavy (non-hydrogen) atoms. The normalized spacial score (nSPS) is 15.9. The number of urea groups is 1. The van der Waals surface area contributed by atoms with E-state index in [1.165, 1.54) is 10.7 Å². The van der Waals surface area contributed by atoms with Crippen LogP contribution in [-0.4, -0.2) is 40.2 Å². The highest BCUT2D eigenvalue weighted by molar-refractivity contribution is 6.04. The van der Waals surface area contributed by atoms with Crippen molar-refractivity contribution in [3.63, 3.8) is 0 Å². The summed E-state index contributed by atoms with van der Waals surface area (Å²) in [6, 6.07) is 11.3. The van der Waals surface area contributed by atoms with Crippen LogP contribution in [0.3, 0.4) is 0 Å². The number of rotatable bonds is 7. The standard InChI is InChI=1S/C18H19N5O4/c24-15(8-6-14-17(26)21-18(27)20-14)19-10-11-23-16(25)9-7-13(22-23)12-4-2-1-3-5-12/h1-5,7,9,14H,6,8,10-11H2,(H,19,24)(H2,20,21,26,27). The van der Waals surface area contributed by atoms with Crippen LogP contribution in [0, 0.1) is 0 Å². The minimum atomic E-state index is -0.685. The van der Waals surface area contributed by atoms with Crippen LogP contribution in [0.25, 0.3) is 11.3 Å². The maximum absolute atomic E-state index is 11.9. The van der Waals surface area contributed by atoms with Crippen LogP contribution in [0.1, 0.15) is 12.8 Å². The Morgan fingerprint density at radius 1 is 1.11 bits per heavy atom. The van der Waals surface area contributed by atoms with Gasteiger partial charge in [0.15, 0.2) is 0 Å². The molecular formula is C18H19N5O4. The molecule has 1 aromatic carbocycles. The van der Waals surface area contributed by atoms with E-state index in [-0.39, 0.29) is 37.4 Å². The summed E-state index contributed by atoms with van der Waals surface area (Å²) in [5.41, 5.74) is 1.31. The number of nitrogens with one attached hydrogen (secondary N) is 3. The fraction of sp³-hybridized carbons (Fsp3) is 0.278. The zero-order valence-electron chi connectivity index (χ0n) is 14.5. The van der Waals surface area contributed by atoms with Crippen LogP contribution in [0.5, 0.6) is 0 Å². The first-order valence-corrected chi connectivity index (χ1v) is 8.54. The maximum Gasteiger partial charge on any atom is 0.322 e. The lowest BCUT2D eigenvalue weighted by Crippen LogP contribution is -2.34. The third-order valence-corrected chi connectivity index (χ3v) is 4.10. The fourth-order valence-electron chi connectivity index (χ4n) is 2.70. The lowest BCUT2D eigenvalue weighted by Gasteiger charge is -2.09. The van der Waals surface area contributed by atoms with Crippen LogP contribution in [0.15, 0.2) is 47.3 Å². The first kappa shape index (κ1) is 18.3. The minimum Gasteiger partial charge on any atom is -0.354 e. The molecule has 9 nitrogen and oxygen atoms in total. The Balaban J connectivity index is 1.50. The Bertz CT molecular complexity index is 909. The van der Waals surface area contributed by atoms with Gasteiger partial charge in [-0.2, -0.15) is 5.10 Å². The molecule has 0 saturated carbocycles. The van der Waals surface area contributed by atoms with Crippen molar-refractivity contribution >= 4 is 17.8 Å². The van der Waals surface area contributed by atoms with Crippen molar-refractivity contribution in [2.75, 3.05) is 6.54 Å². The predicted molar refractivity (Wildman–Crippen MR) is 96.6 cm³/mol. The summed E-state index contributed by atoms with van der Waals surface area (Å²) in [7, 11) is 0. The molecule has 4 amide bonds. The summed E-state index contributed by atoms with van der Waals surface area (Å²) in [5, 5.41) is 11.6. The number of aromatic nitrogens is 2. The van der Waals surface area contributed by atoms with Crippen molar-refractivity contribution < 1.29 is 14.4 Å². The summed E-state index contributed by atoms with van der Waals surface area (Å²) < 4.78 is 1.30. The van der Waals surface area contributed by atoms with E-state index < -0.39 is 18.0 Å². The number of nitrogens with zero attached hydrogens (tertiary/aromatic N) is 2. The van der Waals surface area contributed by atoms with Crippen LogP contribution in [0.2, 0.25) is 0 Å². The molecule has 1 atom stereocenters. The summed E-state index contributed by atoms with van der Waals surface area (Å²) in [6.07, 6.45) is 0.301. The molecule has 1 aliphatic rings. The summed E-state index contributed by atoms with van der Waals surface area (Å²) in [6.45, 7) is 0.457. The number of benzene rings is 1. The molecule has 3 N–H and O–H groups in total. The van der Waals surface area contributed by atoms with Gasteiger partial charge in [0.1, 0.15) is 6.04 Å². The molecule has 0 bridgehead atoms. The summed E-state index contributed by atoms with van der Waals surface area (Å²) >= 11 is 0. The number of carbonyl (C=O) groups is 3. The van der Waals surface area contributed by atoms with Gasteiger partial charge in [-0.25, -0.2) is 9.48 Å². The Labute approximate surface area is 154 Å². The topological polar surface area (TPSA) is 122 Å². The number of hydrogen-bond acceptors (Lipinski definition) is 5. The Hall–Kier alpha value is -3.49. The van der Waals surface area contributed by atoms with E-state index in [9.17, 15) is 19.2 Å². The quantitative estimate of drug-likeness (QED) is 0.594. The highest BCUT2D eigenvalue weighted by Crippen LogP contribution is 2.13. The van der Waals surface area contributed by atoms with Crippen molar-refractivity contribution in [3.05, 3.63) is 52.8 Å². The van der Waals surface area contributed by atoms with E-state index in [4.69, 9.17) is 0 Å². The molecule has 2 heterocycles. The average Bonchev–Trinajstić information content (AvgIpc) is 2.99. The van der Waals surface area contributed by atoms with Gasteiger partial charge in [-0.15, -0.1) is 0 Å². The Morgan fingerprint density at radius 3 is 2.59 bits per heavy atom. The predicted octanol–water partition coefficient (Wildman–Crippen LogP) is 0.0147. The highest BCUT2D eigenvalue weighted by atomic mass is 16.2. The Kier molecular flexibility index (Phi) is 5.60. The van der Waals surface area contributed by atoms with Gasteiger partial charge in [-0.3, -0.25) is 19.7 Å². The first-order valence-electron chi connectivity index (χ1n) is 8.54. The molecule has 140 valence electrons. The van der Waals surface area contributed by atoms with E-state index in [1.807, 2.05) is 30.3 Å². The number of amides is 4. The largest absolute Gasteiger partial charge is 0.354 e. The van der Waals surface area contributed by atoms with Crippen LogP contribution < -0.4 is 21.5 Å². The van der Waals surface area contributed by atoms with Gasteiger partial charge in [0.25, 0.3) is 11.5 Å². The van der Waals surface area contributed by atoms with Crippen LogP contribution in [0.4, 0.5) is 4.79 Å². The van der Waals surface area contributed by atoms with E-state index in [0.717, 1.165) is 5.56 Å². The van der Waals surface area contributed by atoms with Crippen molar-refractivity contribution in [2.24, 2.45) is 0 Å². The second-order valence-corrected chi connectivity index (χ2v) is 6.05. The van der Waals surface area contributed by atoms with Gasteiger partial charge >= 0.3 is 6.03 Å². The number of carbonyl (C=O) groups excluding carboxylic acids is 3. The smallest absolute Gasteiger partial charge is 0.322 e. The van der Waals surface area contributed by atoms with Gasteiger partial charge in [-0.1, -0.05) is 30.3 Å². The zero-order valence-corrected chi connectivity index (χ0v) is 14.5. The lowest BCUT2D eigenvalue weighted by molar-refractivity contribution is -0.122. The molecular weight excluding hydrogens is 350 g/mol. The third kappa shape index (κ3) is 4.78. The third-order valence-electron chi connectivity index (χ3n) is 4.10. The van der Waals surface area contributed by atoms with Crippen molar-refractivity contribution in [1.29, 1.82) is 0 Å². The average molecular weight is 369 g/mol. The molecule has 0 aliphatic carbocycles. The maximum atomic E-state index is 11.9. The molecule has 1 aliphatic heterocycles. The molecule has 2 aromatic rings. The Morgan fingerprint density at radius 2 is 1.89 bits per heavy atom. The van der Waals surface area contributed by atoms with Crippen LogP contribution in [-0.2, 0) is 16.1 Å². The first-order chi connectivity index (χ1) is 13.0. The van der Waals surface area contributed by atoms with Gasteiger partial charge in [0.05, 0.1) is 12.2 Å². The molecule has 1 fully saturated rings. The highest BCUT2D eigenvalue weighted by Gasteiger charge is 2.29. The lowest BCUT2D eigenvalue weighted by atomic mass is 10.1. The van der Waals surface area contributed by atoms with Crippen molar-refractivity contribution in [1.82, 2.24) is 25.7 Å². The number of imide groups is 1. The van der Waals surface area contributed by atoms with Gasteiger partial charge < -0.3 is 10.6 Å². The number of hydrogen-bond donors (Lipinski definition) is 3. The SMILES string of the molecule is O=C(CCC1NC(=O)NC1=O)NCCn1nc(-c2ccccc2)ccc1=O. The minimum absolute atomic E-state index is 0.0880. The molecule has 1 saturated heterocycles. The molecule has 1 aromatic heterocycles. The monoisotopic (exact) mass is 369 g/mol. The molecule has 3 rings (SSSR count). The summed E-state index contributed by atoms with van der Waals surface area (Å²) in [4.78, 5) is 46.3. The van der Waals surface area contributed by atoms with Gasteiger partial charge in [-0.05, 0) is 12.5 Å².